The summed E-state index contributed by atoms with van der Waals surface area (Å²) in [7, 11) is 1.92. The number of likely N-dealkylation sites (N-methyl/N-ethyl adjacent to an activating group) is 1. The average Bonchev–Trinajstić information content (AvgIpc) is 2.82. The van der Waals surface area contributed by atoms with Crippen LogP contribution in [0.1, 0.15) is 12.0 Å². The number of benzene rings is 2. The summed E-state index contributed by atoms with van der Waals surface area (Å²) in [6, 6.07) is 9.44. The van der Waals surface area contributed by atoms with Crippen LogP contribution in [-0.2, 0) is 11.3 Å². The lowest BCUT2D eigenvalue weighted by Crippen LogP contribution is -3.08. The lowest BCUT2D eigenvalue weighted by Gasteiger charge is -2.16. The van der Waals surface area contributed by atoms with E-state index in [0.717, 1.165) is 16.9 Å². The second-order valence-electron chi connectivity index (χ2n) is 6.32. The van der Waals surface area contributed by atoms with Crippen molar-refractivity contribution in [2.45, 2.75) is 13.0 Å². The van der Waals surface area contributed by atoms with Gasteiger partial charge in [0.15, 0.2) is 18.0 Å². The van der Waals surface area contributed by atoms with E-state index in [0.29, 0.717) is 42.0 Å². The highest BCUT2D eigenvalue weighted by molar-refractivity contribution is 6.32. The van der Waals surface area contributed by atoms with Crippen molar-refractivity contribution in [1.29, 1.82) is 0 Å². The molecule has 1 aliphatic rings. The summed E-state index contributed by atoms with van der Waals surface area (Å²) in [6.45, 7) is 2.05. The van der Waals surface area contributed by atoms with Crippen molar-refractivity contribution in [2.75, 3.05) is 32.1 Å². The third-order valence-corrected chi connectivity index (χ3v) is 4.24. The van der Waals surface area contributed by atoms with E-state index in [4.69, 9.17) is 21.1 Å². The van der Waals surface area contributed by atoms with Gasteiger partial charge in [0.1, 0.15) is 12.4 Å². The summed E-state index contributed by atoms with van der Waals surface area (Å²) in [4.78, 5) is 13.1. The van der Waals surface area contributed by atoms with Crippen LogP contribution in [0.25, 0.3) is 0 Å². The standard InChI is InChI=1S/C19H20ClFN2O3/c1-23(12-18(24)22-15-5-3-14(21)4-6-15)11-13-9-16(20)19-17(10-13)25-7-2-8-26-19/h3-6,9-10H,2,7-8,11-12H2,1H3,(H,22,24)/p+1. The molecule has 2 N–H and O–H groups in total. The SMILES string of the molecule is C[NH+](CC(=O)Nc1ccc(F)cc1)Cc1cc(Cl)c2c(c1)OCCCO2. The predicted molar refractivity (Wildman–Crippen MR) is 97.5 cm³/mol. The van der Waals surface area contributed by atoms with Crippen molar-refractivity contribution in [3.63, 3.8) is 0 Å². The molecule has 2 aromatic rings. The van der Waals surface area contributed by atoms with Gasteiger partial charge in [-0.2, -0.15) is 0 Å². The Balaban J connectivity index is 1.60. The first-order chi connectivity index (χ1) is 12.5. The van der Waals surface area contributed by atoms with Gasteiger partial charge in [-0.3, -0.25) is 4.79 Å². The van der Waals surface area contributed by atoms with Crippen LogP contribution < -0.4 is 19.7 Å². The summed E-state index contributed by atoms with van der Waals surface area (Å²) >= 11 is 6.30. The molecule has 0 aliphatic carbocycles. The Bertz CT molecular complexity index is 783. The van der Waals surface area contributed by atoms with Gasteiger partial charge >= 0.3 is 0 Å². The largest absolute Gasteiger partial charge is 0.489 e. The average molecular weight is 380 g/mol. The monoisotopic (exact) mass is 379 g/mol. The van der Waals surface area contributed by atoms with Crippen LogP contribution in [0.5, 0.6) is 11.5 Å². The molecule has 0 radical (unpaired) electrons. The molecule has 1 amide bonds. The molecule has 0 fully saturated rings. The van der Waals surface area contributed by atoms with Crippen LogP contribution in [0.3, 0.4) is 0 Å². The Morgan fingerprint density at radius 3 is 2.73 bits per heavy atom. The Morgan fingerprint density at radius 1 is 1.23 bits per heavy atom. The fourth-order valence-electron chi connectivity index (χ4n) is 2.81. The maximum Gasteiger partial charge on any atom is 0.279 e. The van der Waals surface area contributed by atoms with Crippen LogP contribution in [0.15, 0.2) is 36.4 Å². The maximum absolute atomic E-state index is 12.9. The first-order valence-electron chi connectivity index (χ1n) is 8.46. The Hall–Kier alpha value is -2.31. The number of hydrogen-bond donors (Lipinski definition) is 2. The molecule has 1 aliphatic heterocycles. The molecule has 138 valence electrons. The maximum atomic E-state index is 12.9. The lowest BCUT2D eigenvalue weighted by atomic mass is 10.2. The van der Waals surface area contributed by atoms with Gasteiger partial charge in [-0.05, 0) is 36.4 Å². The number of quaternary nitrogens is 1. The zero-order chi connectivity index (χ0) is 18.5. The van der Waals surface area contributed by atoms with E-state index in [9.17, 15) is 9.18 Å². The van der Waals surface area contributed by atoms with Gasteiger partial charge in [0.05, 0.1) is 25.3 Å². The van der Waals surface area contributed by atoms with Gasteiger partial charge in [-0.15, -0.1) is 0 Å². The van der Waals surface area contributed by atoms with Crippen molar-refractivity contribution in [2.24, 2.45) is 0 Å². The molecule has 1 unspecified atom stereocenters. The van der Waals surface area contributed by atoms with E-state index in [1.165, 1.54) is 24.3 Å². The molecule has 1 heterocycles. The van der Waals surface area contributed by atoms with Crippen molar-refractivity contribution in [3.8, 4) is 11.5 Å². The minimum absolute atomic E-state index is 0.144. The molecule has 5 nitrogen and oxygen atoms in total. The van der Waals surface area contributed by atoms with Crippen LogP contribution in [0.2, 0.25) is 5.02 Å². The zero-order valence-electron chi connectivity index (χ0n) is 14.5. The molecule has 1 atom stereocenters. The molecule has 3 rings (SSSR count). The topological polar surface area (TPSA) is 52.0 Å². The molecule has 0 aromatic heterocycles. The molecule has 0 saturated heterocycles. The van der Waals surface area contributed by atoms with Crippen molar-refractivity contribution < 1.29 is 23.6 Å². The van der Waals surface area contributed by atoms with Crippen molar-refractivity contribution in [1.82, 2.24) is 0 Å². The first kappa shape index (κ1) is 18.5. The molecular weight excluding hydrogens is 359 g/mol. The quantitative estimate of drug-likeness (QED) is 0.838. The minimum atomic E-state index is -0.336. The van der Waals surface area contributed by atoms with E-state index in [-0.39, 0.29) is 18.3 Å². The number of amides is 1. The number of ether oxygens (including phenoxy) is 2. The Labute approximate surface area is 156 Å². The Kier molecular flexibility index (Phi) is 5.96. The highest BCUT2D eigenvalue weighted by atomic mass is 35.5. The van der Waals surface area contributed by atoms with Gasteiger partial charge in [0, 0.05) is 17.7 Å². The van der Waals surface area contributed by atoms with Gasteiger partial charge in [-0.1, -0.05) is 11.6 Å². The van der Waals surface area contributed by atoms with E-state index >= 15 is 0 Å². The van der Waals surface area contributed by atoms with Gasteiger partial charge < -0.3 is 19.7 Å². The summed E-state index contributed by atoms with van der Waals surface area (Å²) < 4.78 is 24.2. The number of carbonyl (C=O) groups excluding carboxylic acids is 1. The molecular formula is C19H21ClFN2O3+. The molecule has 0 saturated carbocycles. The number of rotatable bonds is 5. The fraction of sp³-hybridized carbons (Fsp3) is 0.316. The molecule has 0 bridgehead atoms. The highest BCUT2D eigenvalue weighted by Crippen LogP contribution is 2.37. The lowest BCUT2D eigenvalue weighted by molar-refractivity contribution is -0.885. The molecule has 7 heteroatoms. The van der Waals surface area contributed by atoms with Crippen LogP contribution in [0.4, 0.5) is 10.1 Å². The van der Waals surface area contributed by atoms with Crippen LogP contribution >= 0.6 is 11.6 Å². The van der Waals surface area contributed by atoms with Crippen LogP contribution in [-0.4, -0.2) is 32.7 Å². The number of halogens is 2. The predicted octanol–water partition coefficient (Wildman–Crippen LogP) is 2.29. The zero-order valence-corrected chi connectivity index (χ0v) is 15.2. The van der Waals surface area contributed by atoms with E-state index in [1.54, 1.807) is 0 Å². The third kappa shape index (κ3) is 4.86. The highest BCUT2D eigenvalue weighted by Gasteiger charge is 2.18. The van der Waals surface area contributed by atoms with E-state index < -0.39 is 0 Å². The minimum Gasteiger partial charge on any atom is -0.489 e. The van der Waals surface area contributed by atoms with Crippen molar-refractivity contribution >= 4 is 23.2 Å². The van der Waals surface area contributed by atoms with Gasteiger partial charge in [0.25, 0.3) is 5.91 Å². The number of carbonyl (C=O) groups is 1. The second kappa shape index (κ2) is 8.38. The van der Waals surface area contributed by atoms with Crippen LogP contribution in [0, 0.1) is 5.82 Å². The number of hydrogen-bond acceptors (Lipinski definition) is 3. The summed E-state index contributed by atoms with van der Waals surface area (Å²) in [5.74, 6) is 0.750. The van der Waals surface area contributed by atoms with Gasteiger partial charge in [0.2, 0.25) is 0 Å². The molecule has 2 aromatic carbocycles. The third-order valence-electron chi connectivity index (χ3n) is 3.96. The summed E-state index contributed by atoms with van der Waals surface area (Å²) in [5.41, 5.74) is 1.54. The number of nitrogens with one attached hydrogen (secondary N) is 2. The van der Waals surface area contributed by atoms with E-state index in [2.05, 4.69) is 5.32 Å². The number of anilines is 1. The number of fused-ring (bicyclic) bond motifs is 1. The smallest absolute Gasteiger partial charge is 0.279 e. The fourth-order valence-corrected chi connectivity index (χ4v) is 3.10. The normalized spacial score (nSPS) is 14.4. The summed E-state index contributed by atoms with van der Waals surface area (Å²) in [5, 5.41) is 3.27. The second-order valence-corrected chi connectivity index (χ2v) is 6.73. The Morgan fingerprint density at radius 2 is 1.96 bits per heavy atom. The molecule has 0 spiro atoms. The summed E-state index contributed by atoms with van der Waals surface area (Å²) in [6.07, 6.45) is 0.815. The van der Waals surface area contributed by atoms with Gasteiger partial charge in [-0.25, -0.2) is 4.39 Å². The first-order valence-corrected chi connectivity index (χ1v) is 8.84. The van der Waals surface area contributed by atoms with E-state index in [1.807, 2.05) is 19.2 Å². The van der Waals surface area contributed by atoms with Crippen molar-refractivity contribution in [3.05, 3.63) is 52.8 Å². The molecule has 26 heavy (non-hydrogen) atoms.